The molecule has 2 heterocycles. The van der Waals surface area contributed by atoms with Gasteiger partial charge in [-0.05, 0) is 36.4 Å². The summed E-state index contributed by atoms with van der Waals surface area (Å²) in [5.41, 5.74) is 1.08. The van der Waals surface area contributed by atoms with Gasteiger partial charge in [0.1, 0.15) is 0 Å². The highest BCUT2D eigenvalue weighted by molar-refractivity contribution is 7.99. The van der Waals surface area contributed by atoms with Crippen LogP contribution in [0.2, 0.25) is 0 Å². The molecular weight excluding hydrogens is 324 g/mol. The molecule has 0 atom stereocenters. The molecule has 2 aliphatic rings. The zero-order valence-corrected chi connectivity index (χ0v) is 14.6. The lowest BCUT2D eigenvalue weighted by Crippen LogP contribution is -2.43. The molecular formula is C18H20N2OS2. The molecule has 1 amide bonds. The maximum atomic E-state index is 12.9. The summed E-state index contributed by atoms with van der Waals surface area (Å²) in [6.07, 6.45) is 2.45. The topological polar surface area (TPSA) is 23.6 Å². The normalized spacial score (nSPS) is 17.3. The number of rotatable bonds is 5. The third kappa shape index (κ3) is 3.47. The van der Waals surface area contributed by atoms with Crippen LogP contribution in [0, 0.1) is 0 Å². The molecule has 3 nitrogen and oxygen atoms in total. The fourth-order valence-corrected chi connectivity index (χ4v) is 4.77. The number of thiophene rings is 1. The van der Waals surface area contributed by atoms with E-state index >= 15 is 0 Å². The Kier molecular flexibility index (Phi) is 4.42. The molecule has 120 valence electrons. The summed E-state index contributed by atoms with van der Waals surface area (Å²) in [6.45, 7) is 2.25. The first-order valence-corrected chi connectivity index (χ1v) is 9.96. The van der Waals surface area contributed by atoms with E-state index < -0.39 is 0 Å². The molecule has 0 bridgehead atoms. The Balaban J connectivity index is 1.48. The number of thioether (sulfide) groups is 1. The maximum absolute atomic E-state index is 12.9. The van der Waals surface area contributed by atoms with Gasteiger partial charge >= 0.3 is 0 Å². The molecule has 1 fully saturated rings. The summed E-state index contributed by atoms with van der Waals surface area (Å²) in [5.74, 6) is 1.22. The minimum Gasteiger partial charge on any atom is -0.309 e. The number of para-hydroxylation sites is 1. The van der Waals surface area contributed by atoms with E-state index in [4.69, 9.17) is 0 Å². The molecule has 1 aromatic heterocycles. The molecule has 5 heteroatoms. The van der Waals surface area contributed by atoms with Gasteiger partial charge in [-0.15, -0.1) is 23.1 Å². The number of amides is 1. The lowest BCUT2D eigenvalue weighted by molar-refractivity contribution is -0.120. The van der Waals surface area contributed by atoms with Crippen LogP contribution >= 0.6 is 23.1 Å². The van der Waals surface area contributed by atoms with E-state index in [0.717, 1.165) is 24.5 Å². The summed E-state index contributed by atoms with van der Waals surface area (Å²) in [6, 6.07) is 13.1. The standard InChI is InChI=1S/C18H20N2OS2/c21-18(20-9-11-23-17-6-2-1-5-16(17)20)13-19(14-7-8-14)12-15-4-3-10-22-15/h1-6,10,14H,7-9,11-13H2. The molecule has 0 unspecified atom stereocenters. The van der Waals surface area contributed by atoms with Crippen LogP contribution in [0.1, 0.15) is 17.7 Å². The van der Waals surface area contributed by atoms with E-state index in [2.05, 4.69) is 34.5 Å². The maximum Gasteiger partial charge on any atom is 0.241 e. The summed E-state index contributed by atoms with van der Waals surface area (Å²) in [7, 11) is 0. The van der Waals surface area contributed by atoms with Crippen molar-refractivity contribution in [2.24, 2.45) is 0 Å². The average molecular weight is 345 g/mol. The molecule has 4 rings (SSSR count). The van der Waals surface area contributed by atoms with Gasteiger partial charge in [0.2, 0.25) is 5.91 Å². The Morgan fingerprint density at radius 1 is 1.22 bits per heavy atom. The van der Waals surface area contributed by atoms with Gasteiger partial charge in [-0.1, -0.05) is 18.2 Å². The van der Waals surface area contributed by atoms with Gasteiger partial charge in [-0.2, -0.15) is 0 Å². The van der Waals surface area contributed by atoms with Crippen molar-refractivity contribution in [3.05, 3.63) is 46.7 Å². The van der Waals surface area contributed by atoms with Gasteiger partial charge in [-0.3, -0.25) is 9.69 Å². The van der Waals surface area contributed by atoms with Crippen LogP contribution in [0.15, 0.2) is 46.7 Å². The fraction of sp³-hybridized carbons (Fsp3) is 0.389. The summed E-state index contributed by atoms with van der Waals surface area (Å²) >= 11 is 3.62. The number of fused-ring (bicyclic) bond motifs is 1. The van der Waals surface area contributed by atoms with Crippen LogP contribution in [-0.2, 0) is 11.3 Å². The molecule has 1 aromatic carbocycles. The number of nitrogens with zero attached hydrogens (tertiary/aromatic N) is 2. The third-order valence-corrected chi connectivity index (χ3v) is 6.27. The average Bonchev–Trinajstić information content (AvgIpc) is 3.31. The second-order valence-corrected chi connectivity index (χ2v) is 8.25. The van der Waals surface area contributed by atoms with Crippen molar-refractivity contribution in [2.45, 2.75) is 30.3 Å². The van der Waals surface area contributed by atoms with Crippen molar-refractivity contribution < 1.29 is 4.79 Å². The third-order valence-electron chi connectivity index (χ3n) is 4.37. The van der Waals surface area contributed by atoms with Gasteiger partial charge in [0.15, 0.2) is 0 Å². The first-order valence-electron chi connectivity index (χ1n) is 8.10. The molecule has 1 aliphatic heterocycles. The van der Waals surface area contributed by atoms with Crippen molar-refractivity contribution in [3.8, 4) is 0 Å². The highest BCUT2D eigenvalue weighted by Gasteiger charge is 2.32. The Morgan fingerprint density at radius 2 is 2.09 bits per heavy atom. The Morgan fingerprint density at radius 3 is 2.87 bits per heavy atom. The summed E-state index contributed by atoms with van der Waals surface area (Å²) < 4.78 is 0. The first-order chi connectivity index (χ1) is 11.3. The SMILES string of the molecule is O=C(CN(Cc1cccs1)C1CC1)N1CCSc2ccccc21. The van der Waals surface area contributed by atoms with Crippen molar-refractivity contribution in [3.63, 3.8) is 0 Å². The zero-order valence-electron chi connectivity index (χ0n) is 13.0. The van der Waals surface area contributed by atoms with Gasteiger partial charge in [-0.25, -0.2) is 0 Å². The van der Waals surface area contributed by atoms with Gasteiger partial charge in [0, 0.05) is 34.7 Å². The molecule has 1 aliphatic carbocycles. The predicted octanol–water partition coefficient (Wildman–Crippen LogP) is 3.85. The molecule has 0 saturated heterocycles. The minimum atomic E-state index is 0.237. The summed E-state index contributed by atoms with van der Waals surface area (Å²) in [5, 5.41) is 2.11. The molecule has 0 spiro atoms. The lowest BCUT2D eigenvalue weighted by atomic mass is 10.2. The number of carbonyl (C=O) groups is 1. The number of hydrogen-bond acceptors (Lipinski definition) is 4. The molecule has 0 N–H and O–H groups in total. The predicted molar refractivity (Wildman–Crippen MR) is 97.3 cm³/mol. The molecule has 23 heavy (non-hydrogen) atoms. The molecule has 2 aromatic rings. The lowest BCUT2D eigenvalue weighted by Gasteiger charge is -2.31. The van der Waals surface area contributed by atoms with Crippen molar-refractivity contribution in [2.75, 3.05) is 23.7 Å². The highest BCUT2D eigenvalue weighted by atomic mass is 32.2. The second-order valence-electron chi connectivity index (χ2n) is 6.08. The van der Waals surface area contributed by atoms with Crippen molar-refractivity contribution in [1.29, 1.82) is 0 Å². The van der Waals surface area contributed by atoms with Crippen LogP contribution in [-0.4, -0.2) is 35.7 Å². The number of carbonyl (C=O) groups excluding carboxylic acids is 1. The zero-order chi connectivity index (χ0) is 15.6. The van der Waals surface area contributed by atoms with E-state index in [1.807, 2.05) is 28.8 Å². The van der Waals surface area contributed by atoms with Crippen molar-refractivity contribution in [1.82, 2.24) is 4.90 Å². The van der Waals surface area contributed by atoms with E-state index in [1.54, 1.807) is 11.3 Å². The highest BCUT2D eigenvalue weighted by Crippen LogP contribution is 2.35. The van der Waals surface area contributed by atoms with E-state index in [9.17, 15) is 4.79 Å². The number of anilines is 1. The van der Waals surface area contributed by atoms with Crippen molar-refractivity contribution >= 4 is 34.7 Å². The Hall–Kier alpha value is -1.30. The number of hydrogen-bond donors (Lipinski definition) is 0. The van der Waals surface area contributed by atoms with Gasteiger partial charge < -0.3 is 4.90 Å². The largest absolute Gasteiger partial charge is 0.309 e. The first kappa shape index (κ1) is 15.2. The van der Waals surface area contributed by atoms with Crippen LogP contribution in [0.5, 0.6) is 0 Å². The van der Waals surface area contributed by atoms with Crippen LogP contribution in [0.3, 0.4) is 0 Å². The quantitative estimate of drug-likeness (QED) is 0.823. The Labute approximate surface area is 145 Å². The van der Waals surface area contributed by atoms with Crippen LogP contribution in [0.25, 0.3) is 0 Å². The van der Waals surface area contributed by atoms with Gasteiger partial charge in [0.25, 0.3) is 0 Å². The van der Waals surface area contributed by atoms with Crippen LogP contribution in [0.4, 0.5) is 5.69 Å². The van der Waals surface area contributed by atoms with E-state index in [1.165, 1.54) is 22.6 Å². The smallest absolute Gasteiger partial charge is 0.241 e. The summed E-state index contributed by atoms with van der Waals surface area (Å²) in [4.78, 5) is 19.8. The molecule has 0 radical (unpaired) electrons. The Bertz CT molecular complexity index is 682. The van der Waals surface area contributed by atoms with Crippen LogP contribution < -0.4 is 4.90 Å². The fourth-order valence-electron chi connectivity index (χ4n) is 3.04. The second kappa shape index (κ2) is 6.67. The van der Waals surface area contributed by atoms with E-state index in [-0.39, 0.29) is 5.91 Å². The molecule has 1 saturated carbocycles. The van der Waals surface area contributed by atoms with E-state index in [0.29, 0.717) is 12.6 Å². The van der Waals surface area contributed by atoms with Gasteiger partial charge in [0.05, 0.1) is 12.2 Å². The number of benzene rings is 1. The monoisotopic (exact) mass is 344 g/mol. The minimum absolute atomic E-state index is 0.237.